The van der Waals surface area contributed by atoms with Crippen molar-refractivity contribution in [3.05, 3.63) is 24.2 Å². The molecule has 0 radical (unpaired) electrons. The number of nitrogens with zero attached hydrogens (tertiary/aromatic N) is 3. The van der Waals surface area contributed by atoms with Gasteiger partial charge in [0.15, 0.2) is 5.65 Å². The fraction of sp³-hybridized carbons (Fsp3) is 0.600. The Hall–Kier alpha value is -1.07. The van der Waals surface area contributed by atoms with E-state index in [0.717, 1.165) is 30.8 Å². The maximum Gasteiger partial charge on any atom is 0.160 e. The van der Waals surface area contributed by atoms with E-state index >= 15 is 0 Å². The van der Waals surface area contributed by atoms with Gasteiger partial charge in [0.2, 0.25) is 0 Å². The van der Waals surface area contributed by atoms with Gasteiger partial charge in [-0.15, -0.1) is 0 Å². The number of rotatable bonds is 2. The molecule has 0 saturated carbocycles. The molecule has 4 heterocycles. The van der Waals surface area contributed by atoms with Gasteiger partial charge >= 0.3 is 0 Å². The Kier molecular flexibility index (Phi) is 3.40. The zero-order valence-electron chi connectivity index (χ0n) is 11.5. The third kappa shape index (κ3) is 2.13. The first kappa shape index (κ1) is 12.7. The van der Waals surface area contributed by atoms with Crippen molar-refractivity contribution in [1.29, 1.82) is 0 Å². The lowest BCUT2D eigenvalue weighted by Crippen LogP contribution is -2.21. The van der Waals surface area contributed by atoms with Crippen LogP contribution >= 0.6 is 11.8 Å². The number of pyridine rings is 1. The van der Waals surface area contributed by atoms with Gasteiger partial charge in [-0.3, -0.25) is 0 Å². The van der Waals surface area contributed by atoms with Gasteiger partial charge < -0.3 is 9.30 Å². The van der Waals surface area contributed by atoms with Crippen molar-refractivity contribution in [3.8, 4) is 0 Å². The maximum absolute atomic E-state index is 5.67. The van der Waals surface area contributed by atoms with E-state index in [0.29, 0.717) is 12.0 Å². The number of aromatic nitrogens is 3. The number of ether oxygens (including phenoxy) is 1. The fourth-order valence-electron chi connectivity index (χ4n) is 3.27. The van der Waals surface area contributed by atoms with Crippen molar-refractivity contribution in [2.75, 3.05) is 24.7 Å². The molecular formula is C15H19N3OS. The SMILES string of the molecule is c1cnc2c(c1)nc(C1CCCOC1)n2C1CCSC1. The summed E-state index contributed by atoms with van der Waals surface area (Å²) in [7, 11) is 0. The van der Waals surface area contributed by atoms with Gasteiger partial charge in [-0.2, -0.15) is 11.8 Å². The van der Waals surface area contributed by atoms with Crippen LogP contribution in [-0.4, -0.2) is 39.3 Å². The molecule has 2 aliphatic heterocycles. The molecule has 0 aromatic carbocycles. The van der Waals surface area contributed by atoms with Crippen LogP contribution in [0.15, 0.2) is 18.3 Å². The summed E-state index contributed by atoms with van der Waals surface area (Å²) in [6, 6.07) is 4.61. The smallest absolute Gasteiger partial charge is 0.160 e. The van der Waals surface area contributed by atoms with Crippen LogP contribution in [0.1, 0.15) is 37.0 Å². The van der Waals surface area contributed by atoms with Crippen LogP contribution in [0.4, 0.5) is 0 Å². The maximum atomic E-state index is 5.67. The quantitative estimate of drug-likeness (QED) is 0.852. The minimum atomic E-state index is 0.434. The number of fused-ring (bicyclic) bond motifs is 1. The lowest BCUT2D eigenvalue weighted by atomic mass is 10.0. The summed E-state index contributed by atoms with van der Waals surface area (Å²) in [6.07, 6.45) is 5.43. The van der Waals surface area contributed by atoms with Crippen molar-refractivity contribution in [2.45, 2.75) is 31.2 Å². The molecular weight excluding hydrogens is 270 g/mol. The summed E-state index contributed by atoms with van der Waals surface area (Å²) in [6.45, 7) is 1.71. The van der Waals surface area contributed by atoms with E-state index in [1.54, 1.807) is 0 Å². The van der Waals surface area contributed by atoms with E-state index in [1.807, 2.05) is 24.0 Å². The Morgan fingerprint density at radius 2 is 2.35 bits per heavy atom. The van der Waals surface area contributed by atoms with Gasteiger partial charge in [0.25, 0.3) is 0 Å². The Balaban J connectivity index is 1.82. The predicted octanol–water partition coefficient (Wildman–Crippen LogP) is 3.00. The highest BCUT2D eigenvalue weighted by molar-refractivity contribution is 7.99. The second-order valence-corrected chi connectivity index (χ2v) is 6.77. The minimum Gasteiger partial charge on any atom is -0.381 e. The van der Waals surface area contributed by atoms with Crippen LogP contribution in [0.25, 0.3) is 11.2 Å². The molecule has 20 heavy (non-hydrogen) atoms. The lowest BCUT2D eigenvalue weighted by molar-refractivity contribution is 0.0768. The molecule has 0 amide bonds. The average Bonchev–Trinajstić information content (AvgIpc) is 3.14. The molecule has 0 N–H and O–H groups in total. The molecule has 2 atom stereocenters. The van der Waals surface area contributed by atoms with Gasteiger partial charge in [-0.1, -0.05) is 0 Å². The molecule has 2 unspecified atom stereocenters. The van der Waals surface area contributed by atoms with E-state index in [1.165, 1.54) is 30.2 Å². The molecule has 0 aliphatic carbocycles. The summed E-state index contributed by atoms with van der Waals surface area (Å²) in [5, 5.41) is 0. The highest BCUT2D eigenvalue weighted by Crippen LogP contribution is 2.35. The first-order chi connectivity index (χ1) is 9.93. The highest BCUT2D eigenvalue weighted by Gasteiger charge is 2.28. The van der Waals surface area contributed by atoms with Crippen molar-refractivity contribution in [1.82, 2.24) is 14.5 Å². The standard InChI is InChI=1S/C15H19N3OS/c1-4-13-15(16-6-1)18(12-5-8-20-10-12)14(17-13)11-3-2-7-19-9-11/h1,4,6,11-12H,2-3,5,7-10H2. The molecule has 106 valence electrons. The van der Waals surface area contributed by atoms with Gasteiger partial charge in [0, 0.05) is 30.5 Å². The molecule has 2 aliphatic rings. The van der Waals surface area contributed by atoms with Crippen molar-refractivity contribution in [3.63, 3.8) is 0 Å². The van der Waals surface area contributed by atoms with E-state index < -0.39 is 0 Å². The molecule has 5 heteroatoms. The van der Waals surface area contributed by atoms with Crippen molar-refractivity contribution >= 4 is 22.9 Å². The lowest BCUT2D eigenvalue weighted by Gasteiger charge is -2.24. The summed E-state index contributed by atoms with van der Waals surface area (Å²) < 4.78 is 8.08. The normalized spacial score (nSPS) is 27.2. The largest absolute Gasteiger partial charge is 0.381 e. The molecule has 4 rings (SSSR count). The van der Waals surface area contributed by atoms with E-state index in [-0.39, 0.29) is 0 Å². The van der Waals surface area contributed by atoms with Gasteiger partial charge in [0.1, 0.15) is 11.3 Å². The predicted molar refractivity (Wildman–Crippen MR) is 81.3 cm³/mol. The second kappa shape index (κ2) is 5.37. The number of thioether (sulfide) groups is 1. The Bertz CT molecular complexity index is 600. The summed E-state index contributed by atoms with van der Waals surface area (Å²) >= 11 is 2.04. The Labute approximate surface area is 122 Å². The van der Waals surface area contributed by atoms with E-state index in [4.69, 9.17) is 9.72 Å². The van der Waals surface area contributed by atoms with Gasteiger partial charge in [-0.05, 0) is 37.1 Å². The van der Waals surface area contributed by atoms with Crippen LogP contribution in [0.3, 0.4) is 0 Å². The second-order valence-electron chi connectivity index (χ2n) is 5.62. The molecule has 2 fully saturated rings. The summed E-state index contributed by atoms with van der Waals surface area (Å²) in [5.74, 6) is 4.06. The molecule has 0 bridgehead atoms. The first-order valence-electron chi connectivity index (χ1n) is 7.42. The summed E-state index contributed by atoms with van der Waals surface area (Å²) in [5.41, 5.74) is 2.09. The first-order valence-corrected chi connectivity index (χ1v) is 8.57. The Morgan fingerprint density at radius 1 is 1.35 bits per heavy atom. The number of hydrogen-bond donors (Lipinski definition) is 0. The topological polar surface area (TPSA) is 39.9 Å². The molecule has 2 saturated heterocycles. The van der Waals surface area contributed by atoms with Crippen molar-refractivity contribution < 1.29 is 4.74 Å². The van der Waals surface area contributed by atoms with Crippen LogP contribution in [0.5, 0.6) is 0 Å². The number of imidazole rings is 1. The van der Waals surface area contributed by atoms with Crippen molar-refractivity contribution in [2.24, 2.45) is 0 Å². The fourth-order valence-corrected chi connectivity index (χ4v) is 4.46. The Morgan fingerprint density at radius 3 is 3.15 bits per heavy atom. The zero-order chi connectivity index (χ0) is 13.4. The number of hydrogen-bond acceptors (Lipinski definition) is 4. The molecule has 0 spiro atoms. The van der Waals surface area contributed by atoms with Crippen LogP contribution in [0.2, 0.25) is 0 Å². The minimum absolute atomic E-state index is 0.434. The monoisotopic (exact) mass is 289 g/mol. The van der Waals surface area contributed by atoms with Crippen LogP contribution in [0, 0.1) is 0 Å². The highest BCUT2D eigenvalue weighted by atomic mass is 32.2. The summed E-state index contributed by atoms with van der Waals surface area (Å²) in [4.78, 5) is 9.48. The molecule has 2 aromatic heterocycles. The third-order valence-electron chi connectivity index (χ3n) is 4.27. The third-order valence-corrected chi connectivity index (χ3v) is 5.42. The van der Waals surface area contributed by atoms with Crippen LogP contribution < -0.4 is 0 Å². The van der Waals surface area contributed by atoms with E-state index in [9.17, 15) is 0 Å². The van der Waals surface area contributed by atoms with E-state index in [2.05, 4.69) is 15.6 Å². The molecule has 2 aromatic rings. The van der Waals surface area contributed by atoms with Gasteiger partial charge in [-0.25, -0.2) is 9.97 Å². The van der Waals surface area contributed by atoms with Crippen LogP contribution in [-0.2, 0) is 4.74 Å². The molecule has 4 nitrogen and oxygen atoms in total. The zero-order valence-corrected chi connectivity index (χ0v) is 12.3. The van der Waals surface area contributed by atoms with Gasteiger partial charge in [0.05, 0.1) is 6.61 Å². The average molecular weight is 289 g/mol.